The van der Waals surface area contributed by atoms with Crippen LogP contribution in [0, 0.1) is 0 Å². The summed E-state index contributed by atoms with van der Waals surface area (Å²) in [4.78, 5) is 13.6. The quantitative estimate of drug-likeness (QED) is 0.706. The van der Waals surface area contributed by atoms with E-state index in [2.05, 4.69) is 5.10 Å². The summed E-state index contributed by atoms with van der Waals surface area (Å²) in [7, 11) is 5.18. The van der Waals surface area contributed by atoms with Gasteiger partial charge in [0.05, 0.1) is 6.20 Å². The van der Waals surface area contributed by atoms with Gasteiger partial charge in [0.1, 0.15) is 6.04 Å². The number of aromatic nitrogens is 2. The Labute approximate surface area is 101 Å². The van der Waals surface area contributed by atoms with Crippen molar-refractivity contribution in [2.75, 3.05) is 27.3 Å². The van der Waals surface area contributed by atoms with Crippen LogP contribution in [0.2, 0.25) is 0 Å². The van der Waals surface area contributed by atoms with E-state index in [1.807, 2.05) is 0 Å². The molecule has 0 fully saturated rings. The highest BCUT2D eigenvalue weighted by Crippen LogP contribution is 2.11. The van der Waals surface area contributed by atoms with E-state index < -0.39 is 6.04 Å². The number of nitrogens with zero attached hydrogens (tertiary/aromatic N) is 3. The maximum Gasteiger partial charge on any atom is 0.243 e. The van der Waals surface area contributed by atoms with Crippen molar-refractivity contribution in [1.29, 1.82) is 0 Å². The summed E-state index contributed by atoms with van der Waals surface area (Å²) in [6.07, 6.45) is 4.18. The Morgan fingerprint density at radius 1 is 1.71 bits per heavy atom. The number of amides is 1. The zero-order valence-corrected chi connectivity index (χ0v) is 10.6. The van der Waals surface area contributed by atoms with Crippen molar-refractivity contribution < 1.29 is 9.53 Å². The predicted molar refractivity (Wildman–Crippen MR) is 64.3 cm³/mol. The van der Waals surface area contributed by atoms with Gasteiger partial charge in [-0.1, -0.05) is 0 Å². The number of nitrogens with two attached hydrogens (primary N) is 1. The molecule has 0 aliphatic heterocycles. The first kappa shape index (κ1) is 13.7. The van der Waals surface area contributed by atoms with Gasteiger partial charge < -0.3 is 15.4 Å². The smallest absolute Gasteiger partial charge is 0.243 e. The minimum atomic E-state index is -0.642. The second-order valence-electron chi connectivity index (χ2n) is 4.03. The molecule has 1 heterocycles. The van der Waals surface area contributed by atoms with E-state index >= 15 is 0 Å². The molecule has 1 atom stereocenters. The largest absolute Gasteiger partial charge is 0.385 e. The number of hydrogen-bond acceptors (Lipinski definition) is 4. The molecule has 1 unspecified atom stereocenters. The second-order valence-corrected chi connectivity index (χ2v) is 4.03. The van der Waals surface area contributed by atoms with Gasteiger partial charge in [-0.15, -0.1) is 0 Å². The zero-order chi connectivity index (χ0) is 12.8. The Balaban J connectivity index is 2.51. The van der Waals surface area contributed by atoms with Gasteiger partial charge in [-0.3, -0.25) is 9.48 Å². The summed E-state index contributed by atoms with van der Waals surface area (Å²) < 4.78 is 6.57. The van der Waals surface area contributed by atoms with Gasteiger partial charge in [0.2, 0.25) is 5.91 Å². The van der Waals surface area contributed by atoms with Crippen LogP contribution >= 0.6 is 0 Å². The van der Waals surface area contributed by atoms with Gasteiger partial charge in [0.25, 0.3) is 0 Å². The van der Waals surface area contributed by atoms with Gasteiger partial charge >= 0.3 is 0 Å². The molecule has 96 valence electrons. The van der Waals surface area contributed by atoms with E-state index in [0.29, 0.717) is 13.2 Å². The lowest BCUT2D eigenvalue weighted by Gasteiger charge is -2.20. The maximum atomic E-state index is 12.0. The Kier molecular flexibility index (Phi) is 5.11. The average molecular weight is 240 g/mol. The van der Waals surface area contributed by atoms with Crippen molar-refractivity contribution in [2.24, 2.45) is 12.8 Å². The van der Waals surface area contributed by atoms with E-state index in [9.17, 15) is 4.79 Å². The lowest BCUT2D eigenvalue weighted by Crippen LogP contribution is -2.36. The molecule has 6 heteroatoms. The first-order valence-corrected chi connectivity index (χ1v) is 5.54. The van der Waals surface area contributed by atoms with E-state index in [1.165, 1.54) is 0 Å². The van der Waals surface area contributed by atoms with Crippen LogP contribution in [-0.4, -0.2) is 47.9 Å². The molecule has 1 rings (SSSR count). The predicted octanol–water partition coefficient (Wildman–Crippen LogP) is -0.0852. The van der Waals surface area contributed by atoms with Gasteiger partial charge in [0.15, 0.2) is 0 Å². The van der Waals surface area contributed by atoms with Crippen LogP contribution in [0.3, 0.4) is 0 Å². The maximum absolute atomic E-state index is 12.0. The molecule has 0 aliphatic rings. The highest BCUT2D eigenvalue weighted by atomic mass is 16.5. The fraction of sp³-hybridized carbons (Fsp3) is 0.636. The molecule has 2 N–H and O–H groups in total. The third-order valence-electron chi connectivity index (χ3n) is 2.57. The minimum absolute atomic E-state index is 0.103. The summed E-state index contributed by atoms with van der Waals surface area (Å²) in [6.45, 7) is 1.28. The number of carbonyl (C=O) groups is 1. The number of likely N-dealkylation sites (N-methyl/N-ethyl adjacent to an activating group) is 1. The fourth-order valence-electron chi connectivity index (χ4n) is 1.54. The number of rotatable bonds is 6. The molecule has 0 saturated heterocycles. The Hall–Kier alpha value is -1.40. The molecule has 0 bridgehead atoms. The summed E-state index contributed by atoms with van der Waals surface area (Å²) >= 11 is 0. The van der Waals surface area contributed by atoms with Crippen molar-refractivity contribution in [1.82, 2.24) is 14.7 Å². The number of methoxy groups -OCH3 is 1. The molecular formula is C11H20N4O2. The van der Waals surface area contributed by atoms with Gasteiger partial charge in [-0.25, -0.2) is 0 Å². The lowest BCUT2D eigenvalue weighted by atomic mass is 10.1. The first-order valence-electron chi connectivity index (χ1n) is 5.54. The van der Waals surface area contributed by atoms with Crippen LogP contribution in [0.4, 0.5) is 0 Å². The van der Waals surface area contributed by atoms with Crippen molar-refractivity contribution in [2.45, 2.75) is 12.5 Å². The number of aryl methyl sites for hydroxylation is 1. The van der Waals surface area contributed by atoms with Crippen molar-refractivity contribution >= 4 is 5.91 Å². The second kappa shape index (κ2) is 6.36. The van der Waals surface area contributed by atoms with Gasteiger partial charge in [-0.05, 0) is 6.42 Å². The Morgan fingerprint density at radius 2 is 2.41 bits per heavy atom. The fourth-order valence-corrected chi connectivity index (χ4v) is 1.54. The number of hydrogen-bond donors (Lipinski definition) is 1. The van der Waals surface area contributed by atoms with Gasteiger partial charge in [0, 0.05) is 46.1 Å². The highest BCUT2D eigenvalue weighted by Gasteiger charge is 2.20. The zero-order valence-electron chi connectivity index (χ0n) is 10.6. The average Bonchev–Trinajstić information content (AvgIpc) is 2.74. The third kappa shape index (κ3) is 3.83. The standard InChI is InChI=1S/C11H20N4O2/c1-14(5-4-6-17-3)11(16)10(12)9-7-13-15(2)8-9/h7-8,10H,4-6,12H2,1-3H3. The van der Waals surface area contributed by atoms with E-state index in [4.69, 9.17) is 10.5 Å². The van der Waals surface area contributed by atoms with Crippen LogP contribution in [0.15, 0.2) is 12.4 Å². The summed E-state index contributed by atoms with van der Waals surface area (Å²) in [5, 5.41) is 4.00. The molecule has 1 aromatic rings. The SMILES string of the molecule is COCCCN(C)C(=O)C(N)c1cnn(C)c1. The van der Waals surface area contributed by atoms with Crippen LogP contribution in [0.25, 0.3) is 0 Å². The molecule has 1 amide bonds. The van der Waals surface area contributed by atoms with Crippen LogP contribution in [0.1, 0.15) is 18.0 Å². The molecule has 0 aliphatic carbocycles. The first-order chi connectivity index (χ1) is 8.06. The van der Waals surface area contributed by atoms with Crippen LogP contribution in [-0.2, 0) is 16.6 Å². The van der Waals surface area contributed by atoms with Crippen LogP contribution in [0.5, 0.6) is 0 Å². The Bertz CT molecular complexity index is 364. The molecule has 0 saturated carbocycles. The third-order valence-corrected chi connectivity index (χ3v) is 2.57. The number of carbonyl (C=O) groups excluding carboxylic acids is 1. The van der Waals surface area contributed by atoms with E-state index in [-0.39, 0.29) is 5.91 Å². The summed E-state index contributed by atoms with van der Waals surface area (Å²) in [5.74, 6) is -0.103. The van der Waals surface area contributed by atoms with E-state index in [1.54, 1.807) is 43.2 Å². The normalized spacial score (nSPS) is 12.5. The highest BCUT2D eigenvalue weighted by molar-refractivity contribution is 5.82. The molecule has 0 aromatic carbocycles. The van der Waals surface area contributed by atoms with Gasteiger partial charge in [-0.2, -0.15) is 5.10 Å². The van der Waals surface area contributed by atoms with Crippen molar-refractivity contribution in [3.05, 3.63) is 18.0 Å². The number of ether oxygens (including phenoxy) is 1. The summed E-state index contributed by atoms with van der Waals surface area (Å²) in [6, 6.07) is -0.642. The monoisotopic (exact) mass is 240 g/mol. The molecule has 1 aromatic heterocycles. The van der Waals surface area contributed by atoms with Crippen LogP contribution < -0.4 is 5.73 Å². The molecule has 6 nitrogen and oxygen atoms in total. The lowest BCUT2D eigenvalue weighted by molar-refractivity contribution is -0.131. The Morgan fingerprint density at radius 3 is 2.94 bits per heavy atom. The molecule has 17 heavy (non-hydrogen) atoms. The molecule has 0 radical (unpaired) electrons. The minimum Gasteiger partial charge on any atom is -0.385 e. The van der Waals surface area contributed by atoms with Crippen molar-refractivity contribution in [3.63, 3.8) is 0 Å². The summed E-state index contributed by atoms with van der Waals surface area (Å²) in [5.41, 5.74) is 6.61. The van der Waals surface area contributed by atoms with E-state index in [0.717, 1.165) is 12.0 Å². The topological polar surface area (TPSA) is 73.4 Å². The van der Waals surface area contributed by atoms with Crippen molar-refractivity contribution in [3.8, 4) is 0 Å². The molecule has 0 spiro atoms. The molecular weight excluding hydrogens is 220 g/mol.